The van der Waals surface area contributed by atoms with Crippen molar-refractivity contribution < 1.29 is 9.53 Å². The second-order valence-corrected chi connectivity index (χ2v) is 5.73. The predicted molar refractivity (Wildman–Crippen MR) is 87.3 cm³/mol. The van der Waals surface area contributed by atoms with Gasteiger partial charge in [0.05, 0.1) is 5.56 Å². The number of nitrogens with two attached hydrogens (primary N) is 1. The lowest BCUT2D eigenvalue weighted by atomic mass is 10.0. The number of nitrogen functional groups attached to an aromatic ring is 1. The number of esters is 1. The van der Waals surface area contributed by atoms with Crippen LogP contribution in [0.15, 0.2) is 24.3 Å². The second kappa shape index (κ2) is 8.67. The van der Waals surface area contributed by atoms with Crippen molar-refractivity contribution in [2.45, 2.75) is 40.2 Å². The Morgan fingerprint density at radius 3 is 2.24 bits per heavy atom. The molecule has 1 aromatic carbocycles. The van der Waals surface area contributed by atoms with Crippen molar-refractivity contribution in [3.05, 3.63) is 29.8 Å². The van der Waals surface area contributed by atoms with Gasteiger partial charge in [0.15, 0.2) is 0 Å². The van der Waals surface area contributed by atoms with Gasteiger partial charge in [-0.1, -0.05) is 27.7 Å². The number of anilines is 1. The Kier molecular flexibility index (Phi) is 7.23. The van der Waals surface area contributed by atoms with Gasteiger partial charge < -0.3 is 10.5 Å². The van der Waals surface area contributed by atoms with Gasteiger partial charge in [0.1, 0.15) is 6.61 Å². The standard InChI is InChI=1S/C17H28N2O2/c1-5-19(6-2)16(11-13(3)4)12-21-17(20)14-7-9-15(18)10-8-14/h7-10,13,16H,5-6,11-12,18H2,1-4H3. The van der Waals surface area contributed by atoms with Crippen LogP contribution in [0.3, 0.4) is 0 Å². The summed E-state index contributed by atoms with van der Waals surface area (Å²) in [6.07, 6.45) is 1.02. The molecule has 0 saturated heterocycles. The average Bonchev–Trinajstić information content (AvgIpc) is 2.45. The molecule has 0 radical (unpaired) electrons. The van der Waals surface area contributed by atoms with E-state index in [1.807, 2.05) is 0 Å². The molecule has 0 fully saturated rings. The molecule has 1 aromatic rings. The summed E-state index contributed by atoms with van der Waals surface area (Å²) in [4.78, 5) is 14.4. The lowest BCUT2D eigenvalue weighted by Gasteiger charge is -2.30. The summed E-state index contributed by atoms with van der Waals surface area (Å²) < 4.78 is 5.49. The summed E-state index contributed by atoms with van der Waals surface area (Å²) in [6.45, 7) is 11.0. The fraction of sp³-hybridized carbons (Fsp3) is 0.588. The molecule has 1 rings (SSSR count). The maximum absolute atomic E-state index is 12.1. The number of carbonyl (C=O) groups excluding carboxylic acids is 1. The molecule has 1 atom stereocenters. The number of likely N-dealkylation sites (N-methyl/N-ethyl adjacent to an activating group) is 1. The Morgan fingerprint density at radius 2 is 1.76 bits per heavy atom. The Morgan fingerprint density at radius 1 is 1.19 bits per heavy atom. The summed E-state index contributed by atoms with van der Waals surface area (Å²) >= 11 is 0. The van der Waals surface area contributed by atoms with E-state index in [1.165, 1.54) is 0 Å². The van der Waals surface area contributed by atoms with Gasteiger partial charge in [-0.25, -0.2) is 4.79 Å². The molecule has 0 bridgehead atoms. The van der Waals surface area contributed by atoms with E-state index in [1.54, 1.807) is 24.3 Å². The molecule has 21 heavy (non-hydrogen) atoms. The number of hydrogen-bond donors (Lipinski definition) is 1. The van der Waals surface area contributed by atoms with Crippen LogP contribution in [0.4, 0.5) is 5.69 Å². The first-order valence-corrected chi connectivity index (χ1v) is 7.74. The summed E-state index contributed by atoms with van der Waals surface area (Å²) in [7, 11) is 0. The van der Waals surface area contributed by atoms with Crippen LogP contribution in [0.25, 0.3) is 0 Å². The van der Waals surface area contributed by atoms with E-state index in [4.69, 9.17) is 10.5 Å². The average molecular weight is 292 g/mol. The highest BCUT2D eigenvalue weighted by Crippen LogP contribution is 2.13. The number of carbonyl (C=O) groups is 1. The Labute approximate surface area is 128 Å². The maximum atomic E-state index is 12.1. The molecular formula is C17H28N2O2. The van der Waals surface area contributed by atoms with Crippen molar-refractivity contribution in [3.8, 4) is 0 Å². The van der Waals surface area contributed by atoms with E-state index in [0.29, 0.717) is 23.8 Å². The summed E-state index contributed by atoms with van der Waals surface area (Å²) in [6, 6.07) is 7.11. The molecular weight excluding hydrogens is 264 g/mol. The third-order valence-corrected chi connectivity index (χ3v) is 3.63. The lowest BCUT2D eigenvalue weighted by molar-refractivity contribution is 0.0331. The summed E-state index contributed by atoms with van der Waals surface area (Å²) in [5.41, 5.74) is 6.81. The van der Waals surface area contributed by atoms with Crippen molar-refractivity contribution >= 4 is 11.7 Å². The molecule has 0 aromatic heterocycles. The first-order chi connectivity index (χ1) is 9.97. The minimum Gasteiger partial charge on any atom is -0.460 e. The quantitative estimate of drug-likeness (QED) is 0.590. The minimum atomic E-state index is -0.282. The Balaban J connectivity index is 2.62. The van der Waals surface area contributed by atoms with Gasteiger partial charge in [-0.15, -0.1) is 0 Å². The smallest absolute Gasteiger partial charge is 0.338 e. The maximum Gasteiger partial charge on any atom is 0.338 e. The third-order valence-electron chi connectivity index (χ3n) is 3.63. The third kappa shape index (κ3) is 5.76. The first-order valence-electron chi connectivity index (χ1n) is 7.74. The van der Waals surface area contributed by atoms with E-state index in [-0.39, 0.29) is 12.0 Å². The van der Waals surface area contributed by atoms with Crippen LogP contribution in [0, 0.1) is 5.92 Å². The van der Waals surface area contributed by atoms with Crippen molar-refractivity contribution in [1.29, 1.82) is 0 Å². The molecule has 0 aliphatic heterocycles. The fourth-order valence-corrected chi connectivity index (χ4v) is 2.48. The Hall–Kier alpha value is -1.55. The fourth-order valence-electron chi connectivity index (χ4n) is 2.48. The highest BCUT2D eigenvalue weighted by Gasteiger charge is 2.19. The van der Waals surface area contributed by atoms with Gasteiger partial charge in [-0.2, -0.15) is 0 Å². The molecule has 1 unspecified atom stereocenters. The number of rotatable bonds is 8. The zero-order valence-corrected chi connectivity index (χ0v) is 13.6. The van der Waals surface area contributed by atoms with E-state index < -0.39 is 0 Å². The van der Waals surface area contributed by atoms with E-state index in [2.05, 4.69) is 32.6 Å². The Bertz CT molecular complexity index is 425. The second-order valence-electron chi connectivity index (χ2n) is 5.73. The minimum absolute atomic E-state index is 0.276. The van der Waals surface area contributed by atoms with Crippen LogP contribution in [-0.2, 0) is 4.74 Å². The van der Waals surface area contributed by atoms with Gasteiger partial charge in [-0.05, 0) is 49.7 Å². The molecule has 0 spiro atoms. The lowest BCUT2D eigenvalue weighted by Crippen LogP contribution is -2.40. The largest absolute Gasteiger partial charge is 0.460 e. The molecule has 0 aliphatic rings. The van der Waals surface area contributed by atoms with Crippen LogP contribution >= 0.6 is 0 Å². The molecule has 118 valence electrons. The van der Waals surface area contributed by atoms with Crippen molar-refractivity contribution in [2.24, 2.45) is 5.92 Å². The number of benzene rings is 1. The van der Waals surface area contributed by atoms with Crippen molar-refractivity contribution in [1.82, 2.24) is 4.90 Å². The highest BCUT2D eigenvalue weighted by molar-refractivity contribution is 5.89. The molecule has 4 heteroatoms. The van der Waals surface area contributed by atoms with Crippen LogP contribution < -0.4 is 5.73 Å². The molecule has 0 heterocycles. The van der Waals surface area contributed by atoms with Crippen LogP contribution in [-0.4, -0.2) is 36.6 Å². The number of hydrogen-bond acceptors (Lipinski definition) is 4. The topological polar surface area (TPSA) is 55.6 Å². The number of ether oxygens (including phenoxy) is 1. The highest BCUT2D eigenvalue weighted by atomic mass is 16.5. The van der Waals surface area contributed by atoms with Gasteiger partial charge in [0.2, 0.25) is 0 Å². The zero-order valence-electron chi connectivity index (χ0n) is 13.6. The van der Waals surface area contributed by atoms with E-state index in [0.717, 1.165) is 19.5 Å². The normalized spacial score (nSPS) is 12.7. The van der Waals surface area contributed by atoms with Crippen molar-refractivity contribution in [3.63, 3.8) is 0 Å². The van der Waals surface area contributed by atoms with Gasteiger partial charge in [0.25, 0.3) is 0 Å². The monoisotopic (exact) mass is 292 g/mol. The first kappa shape index (κ1) is 17.5. The predicted octanol–water partition coefficient (Wildman–Crippen LogP) is 3.18. The molecule has 4 nitrogen and oxygen atoms in total. The molecule has 0 amide bonds. The summed E-state index contributed by atoms with van der Waals surface area (Å²) in [5, 5.41) is 0. The summed E-state index contributed by atoms with van der Waals surface area (Å²) in [5.74, 6) is 0.293. The van der Waals surface area contributed by atoms with Crippen molar-refractivity contribution in [2.75, 3.05) is 25.4 Å². The molecule has 2 N–H and O–H groups in total. The van der Waals surface area contributed by atoms with Gasteiger partial charge in [0, 0.05) is 11.7 Å². The van der Waals surface area contributed by atoms with Crippen LogP contribution in [0.2, 0.25) is 0 Å². The molecule has 0 aliphatic carbocycles. The zero-order chi connectivity index (χ0) is 15.8. The van der Waals surface area contributed by atoms with E-state index in [9.17, 15) is 4.79 Å². The van der Waals surface area contributed by atoms with Crippen LogP contribution in [0.1, 0.15) is 44.5 Å². The molecule has 0 saturated carbocycles. The van der Waals surface area contributed by atoms with E-state index >= 15 is 0 Å². The number of nitrogens with zero attached hydrogens (tertiary/aromatic N) is 1. The SMILES string of the molecule is CCN(CC)C(COC(=O)c1ccc(N)cc1)CC(C)C. The van der Waals surface area contributed by atoms with Gasteiger partial charge >= 0.3 is 5.97 Å². The van der Waals surface area contributed by atoms with Crippen LogP contribution in [0.5, 0.6) is 0 Å². The van der Waals surface area contributed by atoms with Gasteiger partial charge in [-0.3, -0.25) is 4.90 Å².